The number of anilines is 1. The van der Waals surface area contributed by atoms with Crippen molar-refractivity contribution in [2.24, 2.45) is 0 Å². The summed E-state index contributed by atoms with van der Waals surface area (Å²) in [7, 11) is -3.85. The van der Waals surface area contributed by atoms with Gasteiger partial charge in [-0.05, 0) is 67.9 Å². The van der Waals surface area contributed by atoms with Crippen molar-refractivity contribution in [3.05, 3.63) is 96.2 Å². The van der Waals surface area contributed by atoms with Gasteiger partial charge in [-0.1, -0.05) is 30.3 Å². The first-order valence-corrected chi connectivity index (χ1v) is 13.5. The van der Waals surface area contributed by atoms with E-state index in [1.165, 1.54) is 6.07 Å². The molecule has 0 aliphatic heterocycles. The van der Waals surface area contributed by atoms with E-state index in [9.17, 15) is 13.2 Å². The highest BCUT2D eigenvalue weighted by atomic mass is 32.2. The van der Waals surface area contributed by atoms with E-state index in [1.54, 1.807) is 42.6 Å². The molecule has 1 heterocycles. The maximum absolute atomic E-state index is 13.0. The van der Waals surface area contributed by atoms with Crippen molar-refractivity contribution in [2.75, 3.05) is 17.8 Å². The standard InChI is InChI=1S/C28H30N4O4S/c1-20(2)36-25-9-3-6-21(18-25)19-29-16-17-31-28(33)23-11-13-24(14-12-23)32-37(34,35)26-10-4-7-22-8-5-15-30-27(22)26/h3-15,18,20,29,32H,16-17,19H2,1-2H3,(H,31,33). The zero-order chi connectivity index (χ0) is 26.3. The highest BCUT2D eigenvalue weighted by molar-refractivity contribution is 7.93. The molecule has 0 radical (unpaired) electrons. The van der Waals surface area contributed by atoms with Crippen molar-refractivity contribution >= 4 is 32.5 Å². The summed E-state index contributed by atoms with van der Waals surface area (Å²) >= 11 is 0. The minimum atomic E-state index is -3.85. The zero-order valence-corrected chi connectivity index (χ0v) is 21.6. The Balaban J connectivity index is 1.27. The van der Waals surface area contributed by atoms with E-state index in [0.29, 0.717) is 36.4 Å². The van der Waals surface area contributed by atoms with Crippen LogP contribution in [-0.4, -0.2) is 38.5 Å². The van der Waals surface area contributed by atoms with Gasteiger partial charge in [-0.25, -0.2) is 8.42 Å². The van der Waals surface area contributed by atoms with Gasteiger partial charge in [0.2, 0.25) is 0 Å². The second kappa shape index (κ2) is 11.9. The average molecular weight is 519 g/mol. The second-order valence-corrected chi connectivity index (χ2v) is 10.4. The van der Waals surface area contributed by atoms with E-state index in [4.69, 9.17) is 4.74 Å². The Morgan fingerprint density at radius 1 is 0.946 bits per heavy atom. The molecule has 0 saturated heterocycles. The third-order valence-electron chi connectivity index (χ3n) is 5.47. The van der Waals surface area contributed by atoms with Crippen molar-refractivity contribution in [1.29, 1.82) is 0 Å². The van der Waals surface area contributed by atoms with Gasteiger partial charge in [-0.15, -0.1) is 0 Å². The third kappa shape index (κ3) is 7.05. The monoisotopic (exact) mass is 518 g/mol. The summed E-state index contributed by atoms with van der Waals surface area (Å²) in [4.78, 5) is 16.8. The number of benzene rings is 3. The first-order chi connectivity index (χ1) is 17.8. The van der Waals surface area contributed by atoms with Gasteiger partial charge in [0.1, 0.15) is 10.6 Å². The van der Waals surface area contributed by atoms with E-state index in [0.717, 1.165) is 16.7 Å². The Morgan fingerprint density at radius 2 is 1.70 bits per heavy atom. The number of para-hydroxylation sites is 1. The zero-order valence-electron chi connectivity index (χ0n) is 20.8. The van der Waals surface area contributed by atoms with Gasteiger partial charge in [0.05, 0.1) is 11.6 Å². The van der Waals surface area contributed by atoms with Crippen LogP contribution in [0.15, 0.2) is 90.0 Å². The molecular weight excluding hydrogens is 488 g/mol. The van der Waals surface area contributed by atoms with Crippen LogP contribution < -0.4 is 20.1 Å². The van der Waals surface area contributed by atoms with E-state index < -0.39 is 10.0 Å². The van der Waals surface area contributed by atoms with Crippen LogP contribution in [0, 0.1) is 0 Å². The molecule has 0 saturated carbocycles. The molecule has 192 valence electrons. The van der Waals surface area contributed by atoms with Gasteiger partial charge in [0.15, 0.2) is 0 Å². The van der Waals surface area contributed by atoms with Gasteiger partial charge in [-0.3, -0.25) is 14.5 Å². The molecule has 0 spiro atoms. The fourth-order valence-corrected chi connectivity index (χ4v) is 5.03. The molecule has 9 heteroatoms. The number of hydrogen-bond acceptors (Lipinski definition) is 6. The van der Waals surface area contributed by atoms with Gasteiger partial charge in [0, 0.05) is 42.5 Å². The summed E-state index contributed by atoms with van der Waals surface area (Å²) < 4.78 is 34.2. The van der Waals surface area contributed by atoms with Crippen molar-refractivity contribution in [3.8, 4) is 5.75 Å². The maximum atomic E-state index is 13.0. The molecule has 1 amide bonds. The van der Waals surface area contributed by atoms with E-state index in [2.05, 4.69) is 20.3 Å². The quantitative estimate of drug-likeness (QED) is 0.255. The number of fused-ring (bicyclic) bond motifs is 1. The number of amides is 1. The van der Waals surface area contributed by atoms with Gasteiger partial charge < -0.3 is 15.4 Å². The van der Waals surface area contributed by atoms with E-state index >= 15 is 0 Å². The Labute approximate surface area is 217 Å². The van der Waals surface area contributed by atoms with Crippen LogP contribution in [0.2, 0.25) is 0 Å². The van der Waals surface area contributed by atoms with Crippen LogP contribution >= 0.6 is 0 Å². The topological polar surface area (TPSA) is 109 Å². The van der Waals surface area contributed by atoms with Crippen LogP contribution in [0.3, 0.4) is 0 Å². The molecule has 0 fully saturated rings. The predicted molar refractivity (Wildman–Crippen MR) is 145 cm³/mol. The molecule has 1 aromatic heterocycles. The summed E-state index contributed by atoms with van der Waals surface area (Å²) in [5, 5.41) is 6.90. The first kappa shape index (κ1) is 26.1. The molecule has 4 aromatic rings. The van der Waals surface area contributed by atoms with Crippen molar-refractivity contribution < 1.29 is 17.9 Å². The molecule has 8 nitrogen and oxygen atoms in total. The number of rotatable bonds is 11. The van der Waals surface area contributed by atoms with Crippen LogP contribution in [0.25, 0.3) is 10.9 Å². The van der Waals surface area contributed by atoms with Crippen molar-refractivity contribution in [1.82, 2.24) is 15.6 Å². The van der Waals surface area contributed by atoms with Crippen LogP contribution in [0.1, 0.15) is 29.8 Å². The smallest absolute Gasteiger partial charge is 0.264 e. The molecule has 4 rings (SSSR count). The summed E-state index contributed by atoms with van der Waals surface area (Å²) in [5.74, 6) is 0.601. The molecule has 0 unspecified atom stereocenters. The Bertz CT molecular complexity index is 1470. The lowest BCUT2D eigenvalue weighted by atomic mass is 10.2. The number of aromatic nitrogens is 1. The van der Waals surface area contributed by atoms with E-state index in [-0.39, 0.29) is 16.9 Å². The summed E-state index contributed by atoms with van der Waals surface area (Å²) in [6.07, 6.45) is 1.68. The van der Waals surface area contributed by atoms with Crippen LogP contribution in [0.5, 0.6) is 5.75 Å². The number of sulfonamides is 1. The number of pyridine rings is 1. The number of carbonyl (C=O) groups is 1. The summed E-state index contributed by atoms with van der Waals surface area (Å²) in [5.41, 5.74) is 2.30. The molecule has 0 aliphatic rings. The third-order valence-corrected chi connectivity index (χ3v) is 6.88. The van der Waals surface area contributed by atoms with Gasteiger partial charge in [0.25, 0.3) is 15.9 Å². The number of nitrogens with zero attached hydrogens (tertiary/aromatic N) is 1. The fraction of sp³-hybridized carbons (Fsp3) is 0.214. The Hall–Kier alpha value is -3.95. The molecule has 37 heavy (non-hydrogen) atoms. The Morgan fingerprint density at radius 3 is 2.49 bits per heavy atom. The SMILES string of the molecule is CC(C)Oc1cccc(CNCCNC(=O)c2ccc(NS(=O)(=O)c3cccc4cccnc34)cc2)c1. The molecule has 3 aromatic carbocycles. The Kier molecular flexibility index (Phi) is 8.37. The molecule has 0 aliphatic carbocycles. The lowest BCUT2D eigenvalue weighted by Gasteiger charge is -2.12. The first-order valence-electron chi connectivity index (χ1n) is 12.0. The molecule has 3 N–H and O–H groups in total. The fourth-order valence-electron chi connectivity index (χ4n) is 3.79. The van der Waals surface area contributed by atoms with Gasteiger partial charge >= 0.3 is 0 Å². The van der Waals surface area contributed by atoms with Crippen LogP contribution in [-0.2, 0) is 16.6 Å². The van der Waals surface area contributed by atoms with Crippen molar-refractivity contribution in [2.45, 2.75) is 31.4 Å². The number of ether oxygens (including phenoxy) is 1. The normalized spacial score (nSPS) is 11.4. The number of hydrogen-bond donors (Lipinski definition) is 3. The summed E-state index contributed by atoms with van der Waals surface area (Å²) in [6.45, 7) is 5.68. The lowest BCUT2D eigenvalue weighted by molar-refractivity contribution is 0.0954. The minimum absolute atomic E-state index is 0.0964. The lowest BCUT2D eigenvalue weighted by Crippen LogP contribution is -2.31. The highest BCUT2D eigenvalue weighted by Gasteiger charge is 2.18. The van der Waals surface area contributed by atoms with Crippen LogP contribution in [0.4, 0.5) is 5.69 Å². The summed E-state index contributed by atoms with van der Waals surface area (Å²) in [6, 6.07) is 22.8. The second-order valence-electron chi connectivity index (χ2n) is 8.76. The number of nitrogens with one attached hydrogen (secondary N) is 3. The van der Waals surface area contributed by atoms with Gasteiger partial charge in [-0.2, -0.15) is 0 Å². The number of carbonyl (C=O) groups excluding carboxylic acids is 1. The predicted octanol–water partition coefficient (Wildman–Crippen LogP) is 4.34. The van der Waals surface area contributed by atoms with E-state index in [1.807, 2.05) is 50.2 Å². The minimum Gasteiger partial charge on any atom is -0.491 e. The average Bonchev–Trinajstić information content (AvgIpc) is 2.88. The van der Waals surface area contributed by atoms with Crippen molar-refractivity contribution in [3.63, 3.8) is 0 Å². The largest absolute Gasteiger partial charge is 0.491 e. The highest BCUT2D eigenvalue weighted by Crippen LogP contribution is 2.23. The molecule has 0 bridgehead atoms. The molecular formula is C28H30N4O4S. The maximum Gasteiger partial charge on any atom is 0.264 e. The molecule has 0 atom stereocenters.